The minimum absolute atomic E-state index is 0.00474. The van der Waals surface area contributed by atoms with Crippen LogP contribution in [0.3, 0.4) is 0 Å². The summed E-state index contributed by atoms with van der Waals surface area (Å²) in [7, 11) is 0. The zero-order valence-corrected chi connectivity index (χ0v) is 18.9. The first-order valence-corrected chi connectivity index (χ1v) is 11.4. The van der Waals surface area contributed by atoms with E-state index in [1.807, 2.05) is 23.1 Å². The molecule has 3 unspecified atom stereocenters. The van der Waals surface area contributed by atoms with Gasteiger partial charge in [-0.3, -0.25) is 10.2 Å². The van der Waals surface area contributed by atoms with E-state index in [2.05, 4.69) is 21.9 Å². The lowest BCUT2D eigenvalue weighted by atomic mass is 10.0. The Bertz CT molecular complexity index is 1300. The number of ether oxygens (including phenoxy) is 1. The molecule has 0 radical (unpaired) electrons. The molecule has 1 aliphatic carbocycles. The number of hydrogen-bond acceptors (Lipinski definition) is 7. The first kappa shape index (κ1) is 22.5. The molecule has 0 spiro atoms. The number of anilines is 2. The molecule has 1 amide bonds. The smallest absolute Gasteiger partial charge is 0.246 e. The maximum Gasteiger partial charge on any atom is 0.246 e. The second-order valence-electron chi connectivity index (χ2n) is 8.76. The van der Waals surface area contributed by atoms with Gasteiger partial charge in [0.25, 0.3) is 0 Å². The molecule has 9 heteroatoms. The number of likely N-dealkylation sites (tertiary alicyclic amines) is 1. The van der Waals surface area contributed by atoms with Crippen molar-refractivity contribution in [2.45, 2.75) is 24.9 Å². The van der Waals surface area contributed by atoms with Crippen molar-refractivity contribution in [1.82, 2.24) is 14.9 Å². The van der Waals surface area contributed by atoms with Gasteiger partial charge in [-0.15, -0.1) is 0 Å². The van der Waals surface area contributed by atoms with Crippen LogP contribution in [-0.2, 0) is 4.79 Å². The van der Waals surface area contributed by atoms with Gasteiger partial charge in [0, 0.05) is 24.2 Å². The number of fused-ring (bicyclic) bond motifs is 2. The van der Waals surface area contributed by atoms with Gasteiger partial charge in [-0.25, -0.2) is 14.4 Å². The van der Waals surface area contributed by atoms with Crippen molar-refractivity contribution in [1.29, 1.82) is 5.41 Å². The van der Waals surface area contributed by atoms with E-state index in [1.165, 1.54) is 24.5 Å². The molecule has 35 heavy (non-hydrogen) atoms. The molecule has 3 aromatic rings. The summed E-state index contributed by atoms with van der Waals surface area (Å²) in [6.45, 7) is 4.31. The Hall–Kier alpha value is -4.27. The molecule has 5 rings (SSSR count). The lowest BCUT2D eigenvalue weighted by Crippen LogP contribution is -2.47. The normalized spacial score (nSPS) is 20.5. The van der Waals surface area contributed by atoms with Gasteiger partial charge in [0.1, 0.15) is 35.3 Å². The molecule has 8 nitrogen and oxygen atoms in total. The molecule has 1 aromatic heterocycles. The van der Waals surface area contributed by atoms with Gasteiger partial charge in [-0.1, -0.05) is 24.8 Å². The maximum atomic E-state index is 15.1. The van der Waals surface area contributed by atoms with E-state index in [9.17, 15) is 4.79 Å². The molecule has 2 aliphatic rings. The lowest BCUT2D eigenvalue weighted by molar-refractivity contribution is -0.127. The number of hydrogen-bond donors (Lipinski definition) is 3. The number of nitrogens with one attached hydrogen (secondary N) is 2. The monoisotopic (exact) mass is 472 g/mol. The number of aromatic nitrogens is 2. The predicted octanol–water partition coefficient (Wildman–Crippen LogP) is 3.99. The Morgan fingerprint density at radius 2 is 2.00 bits per heavy atom. The second-order valence-corrected chi connectivity index (χ2v) is 8.76. The zero-order valence-electron chi connectivity index (χ0n) is 18.9. The minimum Gasteiger partial charge on any atom is -0.457 e. The summed E-state index contributed by atoms with van der Waals surface area (Å²) in [5, 5.41) is 12.1. The van der Waals surface area contributed by atoms with Crippen molar-refractivity contribution < 1.29 is 13.9 Å². The second kappa shape index (κ2) is 9.17. The summed E-state index contributed by atoms with van der Waals surface area (Å²) in [4.78, 5) is 22.4. The van der Waals surface area contributed by atoms with Crippen LogP contribution in [0.25, 0.3) is 0 Å². The largest absolute Gasteiger partial charge is 0.457 e. The SMILES string of the molecule is C=CC(=O)N1CC2CC(Nc3ncnc(N)c3C(=N)c3ccc(Oc4ccccc4)cc3F)C1C2. The molecule has 1 saturated heterocycles. The first-order valence-electron chi connectivity index (χ1n) is 11.4. The molecule has 4 N–H and O–H groups in total. The predicted molar refractivity (Wildman–Crippen MR) is 131 cm³/mol. The van der Waals surface area contributed by atoms with Crippen LogP contribution in [0.4, 0.5) is 16.0 Å². The third-order valence-electron chi connectivity index (χ3n) is 6.58. The van der Waals surface area contributed by atoms with Gasteiger partial charge in [-0.05, 0) is 49.1 Å². The van der Waals surface area contributed by atoms with Crippen molar-refractivity contribution in [2.24, 2.45) is 5.92 Å². The third kappa shape index (κ3) is 4.32. The van der Waals surface area contributed by atoms with Crippen LogP contribution in [0.2, 0.25) is 0 Å². The standard InChI is InChI=1S/C26H25FN6O2/c1-2-22(34)33-13-15-10-20(21(33)11-15)32-26-23(25(29)30-14-31-26)24(28)18-9-8-17(12-19(18)27)35-16-6-4-3-5-7-16/h2-9,12,14-15,20-21,28H,1,10-11,13H2,(H3,29,30,31,32). The summed E-state index contributed by atoms with van der Waals surface area (Å²) < 4.78 is 20.8. The molecular weight excluding hydrogens is 447 g/mol. The van der Waals surface area contributed by atoms with Crippen LogP contribution in [0.1, 0.15) is 24.0 Å². The van der Waals surface area contributed by atoms with E-state index in [0.717, 1.165) is 12.8 Å². The molecule has 2 bridgehead atoms. The number of halogens is 1. The lowest BCUT2D eigenvalue weighted by Gasteiger charge is -2.33. The fraction of sp³-hybridized carbons (Fsp3) is 0.231. The molecular formula is C26H25FN6O2. The van der Waals surface area contributed by atoms with Crippen LogP contribution in [0.5, 0.6) is 11.5 Å². The number of amides is 1. The van der Waals surface area contributed by atoms with Crippen LogP contribution in [-0.4, -0.2) is 45.1 Å². The number of nitrogen functional groups attached to an aromatic ring is 1. The Morgan fingerprint density at radius 3 is 2.71 bits per heavy atom. The Kier molecular flexibility index (Phi) is 5.90. The van der Waals surface area contributed by atoms with Crippen molar-refractivity contribution in [3.05, 3.63) is 84.5 Å². The maximum absolute atomic E-state index is 15.1. The molecule has 1 saturated carbocycles. The van der Waals surface area contributed by atoms with E-state index in [-0.39, 0.29) is 40.6 Å². The number of rotatable bonds is 7. The van der Waals surface area contributed by atoms with Crippen LogP contribution >= 0.6 is 0 Å². The van der Waals surface area contributed by atoms with E-state index in [0.29, 0.717) is 29.8 Å². The number of nitrogens with zero attached hydrogens (tertiary/aromatic N) is 3. The molecule has 2 fully saturated rings. The summed E-state index contributed by atoms with van der Waals surface area (Å²) in [5.74, 6) is 0.970. The average Bonchev–Trinajstić information content (AvgIpc) is 3.45. The number of carbonyl (C=O) groups excluding carboxylic acids is 1. The van der Waals surface area contributed by atoms with Crippen LogP contribution in [0.15, 0.2) is 67.5 Å². The first-order chi connectivity index (χ1) is 16.9. The van der Waals surface area contributed by atoms with Crippen LogP contribution in [0, 0.1) is 17.1 Å². The molecule has 3 atom stereocenters. The highest BCUT2D eigenvalue weighted by atomic mass is 19.1. The van der Waals surface area contributed by atoms with Crippen molar-refractivity contribution in [3.8, 4) is 11.5 Å². The Labute approximate surface area is 202 Å². The Morgan fingerprint density at radius 1 is 1.20 bits per heavy atom. The highest BCUT2D eigenvalue weighted by molar-refractivity contribution is 6.16. The molecule has 178 valence electrons. The van der Waals surface area contributed by atoms with E-state index >= 15 is 4.39 Å². The fourth-order valence-corrected chi connectivity index (χ4v) is 5.00. The number of benzene rings is 2. The summed E-state index contributed by atoms with van der Waals surface area (Å²) in [6, 6.07) is 13.3. The van der Waals surface area contributed by atoms with Gasteiger partial charge in [-0.2, -0.15) is 0 Å². The topological polar surface area (TPSA) is 117 Å². The van der Waals surface area contributed by atoms with Gasteiger partial charge < -0.3 is 20.7 Å². The van der Waals surface area contributed by atoms with Gasteiger partial charge in [0.2, 0.25) is 5.91 Å². The van der Waals surface area contributed by atoms with Crippen molar-refractivity contribution >= 4 is 23.3 Å². The zero-order chi connectivity index (χ0) is 24.5. The highest BCUT2D eigenvalue weighted by Crippen LogP contribution is 2.40. The van der Waals surface area contributed by atoms with Crippen molar-refractivity contribution in [3.63, 3.8) is 0 Å². The van der Waals surface area contributed by atoms with E-state index in [1.54, 1.807) is 18.2 Å². The number of para-hydroxylation sites is 1. The summed E-state index contributed by atoms with van der Waals surface area (Å²) in [6.07, 6.45) is 4.39. The molecule has 2 aromatic carbocycles. The quantitative estimate of drug-likeness (QED) is 0.354. The molecule has 2 heterocycles. The van der Waals surface area contributed by atoms with Crippen LogP contribution < -0.4 is 15.8 Å². The number of piperidine rings is 1. The number of nitrogens with two attached hydrogens (primary N) is 1. The fourth-order valence-electron chi connectivity index (χ4n) is 5.00. The summed E-state index contributed by atoms with van der Waals surface area (Å²) in [5.41, 5.74) is 6.25. The third-order valence-corrected chi connectivity index (χ3v) is 6.58. The number of carbonyl (C=O) groups is 1. The van der Waals surface area contributed by atoms with Crippen molar-refractivity contribution in [2.75, 3.05) is 17.6 Å². The van der Waals surface area contributed by atoms with Gasteiger partial charge in [0.05, 0.1) is 17.3 Å². The van der Waals surface area contributed by atoms with Gasteiger partial charge in [0.15, 0.2) is 0 Å². The summed E-state index contributed by atoms with van der Waals surface area (Å²) >= 11 is 0. The Balaban J connectivity index is 1.39. The van der Waals surface area contributed by atoms with E-state index in [4.69, 9.17) is 15.9 Å². The average molecular weight is 473 g/mol. The van der Waals surface area contributed by atoms with E-state index < -0.39 is 5.82 Å². The molecule has 1 aliphatic heterocycles. The van der Waals surface area contributed by atoms with Gasteiger partial charge >= 0.3 is 0 Å². The minimum atomic E-state index is -0.625. The highest BCUT2D eigenvalue weighted by Gasteiger charge is 2.46.